The van der Waals surface area contributed by atoms with Crippen LogP contribution in [0.5, 0.6) is 0 Å². The fourth-order valence-electron chi connectivity index (χ4n) is 1.99. The Labute approximate surface area is 120 Å². The van der Waals surface area contributed by atoms with E-state index in [4.69, 9.17) is 9.47 Å². The van der Waals surface area contributed by atoms with Gasteiger partial charge in [-0.3, -0.25) is 0 Å². The topological polar surface area (TPSA) is 18.5 Å². The zero-order chi connectivity index (χ0) is 13.1. The number of halogens is 1. The van der Waals surface area contributed by atoms with Crippen LogP contribution < -0.4 is 0 Å². The van der Waals surface area contributed by atoms with E-state index in [2.05, 4.69) is 53.5 Å². The standard InChI is InChI=1S/C14H27IO2/c1-5-9-14(3,4)13(8-7-10-15)17-12-11-16-6-2/h7,10,13H,5-6,8-9,11-12H2,1-4H3/b10-7+. The third-order valence-corrected chi connectivity index (χ3v) is 3.46. The van der Waals surface area contributed by atoms with Gasteiger partial charge in [0.2, 0.25) is 0 Å². The minimum absolute atomic E-state index is 0.233. The second kappa shape index (κ2) is 10.3. The van der Waals surface area contributed by atoms with E-state index in [1.807, 2.05) is 6.92 Å². The maximum Gasteiger partial charge on any atom is 0.0704 e. The first kappa shape index (κ1) is 17.4. The van der Waals surface area contributed by atoms with E-state index in [1.54, 1.807) is 0 Å². The summed E-state index contributed by atoms with van der Waals surface area (Å²) < 4.78 is 13.4. The highest BCUT2D eigenvalue weighted by Crippen LogP contribution is 2.31. The van der Waals surface area contributed by atoms with Crippen LogP contribution in [0.4, 0.5) is 0 Å². The van der Waals surface area contributed by atoms with Crippen LogP contribution in [0, 0.1) is 5.41 Å². The van der Waals surface area contributed by atoms with Gasteiger partial charge >= 0.3 is 0 Å². The van der Waals surface area contributed by atoms with Crippen molar-refractivity contribution in [3.63, 3.8) is 0 Å². The van der Waals surface area contributed by atoms with Crippen molar-refractivity contribution in [1.82, 2.24) is 0 Å². The summed E-state index contributed by atoms with van der Waals surface area (Å²) in [5, 5.41) is 0. The summed E-state index contributed by atoms with van der Waals surface area (Å²) in [6.45, 7) is 11.0. The van der Waals surface area contributed by atoms with Crippen LogP contribution in [0.1, 0.15) is 47.0 Å². The molecule has 0 rings (SSSR count). The molecular weight excluding hydrogens is 327 g/mol. The van der Waals surface area contributed by atoms with Crippen molar-refractivity contribution < 1.29 is 9.47 Å². The lowest BCUT2D eigenvalue weighted by Crippen LogP contribution is -2.32. The summed E-state index contributed by atoms with van der Waals surface area (Å²) in [6.07, 6.45) is 5.85. The Kier molecular flexibility index (Phi) is 10.6. The van der Waals surface area contributed by atoms with Gasteiger partial charge in [0, 0.05) is 6.61 Å². The number of hydrogen-bond donors (Lipinski definition) is 0. The maximum atomic E-state index is 5.98. The molecule has 102 valence electrons. The first-order valence-corrected chi connectivity index (χ1v) is 7.77. The Morgan fingerprint density at radius 3 is 2.47 bits per heavy atom. The molecule has 0 fully saturated rings. The Balaban J connectivity index is 4.21. The molecule has 0 N–H and O–H groups in total. The van der Waals surface area contributed by atoms with Gasteiger partial charge in [-0.2, -0.15) is 0 Å². The van der Waals surface area contributed by atoms with Crippen LogP contribution in [-0.4, -0.2) is 25.9 Å². The number of hydrogen-bond acceptors (Lipinski definition) is 2. The molecule has 0 amide bonds. The Morgan fingerprint density at radius 2 is 1.94 bits per heavy atom. The summed E-state index contributed by atoms with van der Waals surface area (Å²) in [5.41, 5.74) is 0.233. The van der Waals surface area contributed by atoms with Gasteiger partial charge in [0.1, 0.15) is 0 Å². The fourth-order valence-corrected chi connectivity index (χ4v) is 2.28. The average molecular weight is 354 g/mol. The molecule has 0 aliphatic carbocycles. The van der Waals surface area contributed by atoms with Crippen LogP contribution >= 0.6 is 22.6 Å². The molecule has 0 radical (unpaired) electrons. The van der Waals surface area contributed by atoms with Gasteiger partial charge in [-0.25, -0.2) is 0 Å². The monoisotopic (exact) mass is 354 g/mol. The van der Waals surface area contributed by atoms with Crippen LogP contribution in [0.3, 0.4) is 0 Å². The lowest BCUT2D eigenvalue weighted by Gasteiger charge is -2.33. The minimum atomic E-state index is 0.233. The van der Waals surface area contributed by atoms with Crippen molar-refractivity contribution in [3.8, 4) is 0 Å². The summed E-state index contributed by atoms with van der Waals surface area (Å²) in [5.74, 6) is 0. The first-order chi connectivity index (χ1) is 8.08. The van der Waals surface area contributed by atoms with Gasteiger partial charge in [-0.1, -0.05) is 55.9 Å². The van der Waals surface area contributed by atoms with E-state index in [9.17, 15) is 0 Å². The van der Waals surface area contributed by atoms with Gasteiger partial charge in [0.25, 0.3) is 0 Å². The van der Waals surface area contributed by atoms with Crippen LogP contribution in [0.25, 0.3) is 0 Å². The molecule has 17 heavy (non-hydrogen) atoms. The van der Waals surface area contributed by atoms with Gasteiger partial charge in [0.15, 0.2) is 0 Å². The van der Waals surface area contributed by atoms with E-state index in [-0.39, 0.29) is 11.5 Å². The largest absolute Gasteiger partial charge is 0.379 e. The molecule has 0 saturated heterocycles. The smallest absolute Gasteiger partial charge is 0.0704 e. The molecule has 0 aromatic carbocycles. The van der Waals surface area contributed by atoms with Gasteiger partial charge in [-0.15, -0.1) is 0 Å². The molecule has 2 nitrogen and oxygen atoms in total. The molecule has 0 aromatic heterocycles. The molecule has 0 aliphatic heterocycles. The second-order valence-corrected chi connectivity index (χ2v) is 5.61. The van der Waals surface area contributed by atoms with Crippen molar-refractivity contribution in [2.24, 2.45) is 5.41 Å². The molecule has 0 spiro atoms. The lowest BCUT2D eigenvalue weighted by molar-refractivity contribution is -0.0491. The van der Waals surface area contributed by atoms with E-state index in [1.165, 1.54) is 12.8 Å². The second-order valence-electron chi connectivity index (χ2n) is 4.89. The van der Waals surface area contributed by atoms with Crippen LogP contribution in [0.15, 0.2) is 10.2 Å². The van der Waals surface area contributed by atoms with Gasteiger partial charge in [-0.05, 0) is 29.3 Å². The maximum absolute atomic E-state index is 5.98. The highest BCUT2D eigenvalue weighted by atomic mass is 127. The van der Waals surface area contributed by atoms with Gasteiger partial charge < -0.3 is 9.47 Å². The predicted molar refractivity (Wildman–Crippen MR) is 82.7 cm³/mol. The molecule has 0 bridgehead atoms. The third-order valence-electron chi connectivity index (χ3n) is 2.96. The first-order valence-electron chi connectivity index (χ1n) is 6.53. The SMILES string of the molecule is CCCC(C)(C)C(C/C=C/I)OCCOCC. The number of ether oxygens (including phenoxy) is 2. The van der Waals surface area contributed by atoms with Crippen LogP contribution in [-0.2, 0) is 9.47 Å². The molecule has 1 unspecified atom stereocenters. The van der Waals surface area contributed by atoms with E-state index in [0.29, 0.717) is 13.2 Å². The zero-order valence-electron chi connectivity index (χ0n) is 11.7. The average Bonchev–Trinajstić information content (AvgIpc) is 2.27. The van der Waals surface area contributed by atoms with Gasteiger partial charge in [0.05, 0.1) is 19.3 Å². The normalized spacial score (nSPS) is 14.4. The minimum Gasteiger partial charge on any atom is -0.379 e. The lowest BCUT2D eigenvalue weighted by atomic mass is 9.80. The summed E-state index contributed by atoms with van der Waals surface area (Å²) >= 11 is 2.26. The van der Waals surface area contributed by atoms with Crippen molar-refractivity contribution in [2.45, 2.75) is 53.1 Å². The summed E-state index contributed by atoms with van der Waals surface area (Å²) in [7, 11) is 0. The highest BCUT2D eigenvalue weighted by molar-refractivity contribution is 14.1. The van der Waals surface area contributed by atoms with E-state index >= 15 is 0 Å². The van der Waals surface area contributed by atoms with Crippen molar-refractivity contribution in [2.75, 3.05) is 19.8 Å². The van der Waals surface area contributed by atoms with E-state index < -0.39 is 0 Å². The number of rotatable bonds is 10. The molecule has 0 aromatic rings. The Bertz CT molecular complexity index is 202. The zero-order valence-corrected chi connectivity index (χ0v) is 13.8. The summed E-state index contributed by atoms with van der Waals surface area (Å²) in [4.78, 5) is 0. The Hall–Kier alpha value is 0.390. The van der Waals surface area contributed by atoms with Crippen LogP contribution in [0.2, 0.25) is 0 Å². The predicted octanol–water partition coefficient (Wildman–Crippen LogP) is 4.57. The quantitative estimate of drug-likeness (QED) is 0.423. The molecule has 3 heteroatoms. The summed E-state index contributed by atoms with van der Waals surface area (Å²) in [6, 6.07) is 0. The molecular formula is C14H27IO2. The molecule has 0 heterocycles. The highest BCUT2D eigenvalue weighted by Gasteiger charge is 2.28. The van der Waals surface area contributed by atoms with Crippen molar-refractivity contribution in [3.05, 3.63) is 10.2 Å². The fraction of sp³-hybridized carbons (Fsp3) is 0.857. The van der Waals surface area contributed by atoms with Crippen molar-refractivity contribution in [1.29, 1.82) is 0 Å². The van der Waals surface area contributed by atoms with Crippen molar-refractivity contribution >= 4 is 22.6 Å². The molecule has 0 aliphatic rings. The third kappa shape index (κ3) is 8.16. The van der Waals surface area contributed by atoms with E-state index in [0.717, 1.165) is 13.0 Å². The Morgan fingerprint density at radius 1 is 1.24 bits per heavy atom. The molecule has 1 atom stereocenters. The molecule has 0 saturated carbocycles.